The number of carbonyl (C=O) groups excluding carboxylic acids is 2. The number of aromatic amines is 1. The summed E-state index contributed by atoms with van der Waals surface area (Å²) in [4.78, 5) is 19.6. The Morgan fingerprint density at radius 3 is 2.73 bits per heavy atom. The summed E-state index contributed by atoms with van der Waals surface area (Å²) < 4.78 is 8.72. The van der Waals surface area contributed by atoms with Crippen LogP contribution in [0.4, 0.5) is 0 Å². The van der Waals surface area contributed by atoms with Crippen LogP contribution in [-0.2, 0) is 9.59 Å². The minimum Gasteiger partial charge on any atom is -0.421 e. The van der Waals surface area contributed by atoms with Crippen LogP contribution in [0.25, 0.3) is 0 Å². The van der Waals surface area contributed by atoms with Gasteiger partial charge in [-0.15, -0.1) is 0 Å². The summed E-state index contributed by atoms with van der Waals surface area (Å²) in [5.41, 5.74) is 0. The molecule has 0 aromatic carbocycles. The molecule has 6 heteroatoms. The smallest absolute Gasteiger partial charge is 0.299 e. The van der Waals surface area contributed by atoms with E-state index in [1.165, 1.54) is 6.20 Å². The van der Waals surface area contributed by atoms with Crippen molar-refractivity contribution in [1.82, 2.24) is 10.2 Å². The third-order valence-corrected chi connectivity index (χ3v) is 0.913. The number of hydrogen-bond donors (Lipinski definition) is 1. The summed E-state index contributed by atoms with van der Waals surface area (Å²) >= 11 is 0. The molecule has 11 heavy (non-hydrogen) atoms. The van der Waals surface area contributed by atoms with Gasteiger partial charge in [-0.1, -0.05) is 0 Å². The van der Waals surface area contributed by atoms with E-state index in [-0.39, 0.29) is 24.6 Å². The molecule has 58 valence electrons. The van der Waals surface area contributed by atoms with Gasteiger partial charge in [-0.05, 0) is 0 Å². The first-order valence-corrected chi connectivity index (χ1v) is 2.62. The van der Waals surface area contributed by atoms with Crippen molar-refractivity contribution >= 4 is 12.9 Å². The molecular formula is C5H4N2O4. The zero-order chi connectivity index (χ0) is 8.10. The van der Waals surface area contributed by atoms with Gasteiger partial charge in [0.05, 0.1) is 6.20 Å². The van der Waals surface area contributed by atoms with Crippen molar-refractivity contribution in [2.24, 2.45) is 0 Å². The van der Waals surface area contributed by atoms with Gasteiger partial charge in [-0.3, -0.25) is 9.59 Å². The molecule has 0 radical (unpaired) electrons. The zero-order valence-corrected chi connectivity index (χ0v) is 5.31. The fourth-order valence-electron chi connectivity index (χ4n) is 0.532. The first-order valence-electron chi connectivity index (χ1n) is 2.62. The Hall–Kier alpha value is -1.85. The second-order valence-corrected chi connectivity index (χ2v) is 1.49. The van der Waals surface area contributed by atoms with E-state index in [0.29, 0.717) is 0 Å². The minimum absolute atomic E-state index is 0.00657. The Morgan fingerprint density at radius 2 is 2.09 bits per heavy atom. The van der Waals surface area contributed by atoms with Crippen LogP contribution in [-0.4, -0.2) is 23.1 Å². The lowest BCUT2D eigenvalue weighted by Gasteiger charge is -1.94. The Labute approximate surface area is 61.1 Å². The Kier molecular flexibility index (Phi) is 2.21. The fourth-order valence-corrected chi connectivity index (χ4v) is 0.532. The molecule has 1 aromatic rings. The Bertz CT molecular complexity index is 232. The lowest BCUT2D eigenvalue weighted by molar-refractivity contribution is -0.123. The zero-order valence-electron chi connectivity index (χ0n) is 5.31. The van der Waals surface area contributed by atoms with E-state index in [0.717, 1.165) is 0 Å². The number of nitrogens with zero attached hydrogens (tertiary/aromatic N) is 1. The maximum atomic E-state index is 9.82. The normalized spacial score (nSPS) is 8.73. The van der Waals surface area contributed by atoms with Crippen LogP contribution in [0.3, 0.4) is 0 Å². The highest BCUT2D eigenvalue weighted by Gasteiger charge is 2.05. The van der Waals surface area contributed by atoms with Crippen LogP contribution in [0.5, 0.6) is 11.6 Å². The van der Waals surface area contributed by atoms with Gasteiger partial charge in [0.2, 0.25) is 5.75 Å². The van der Waals surface area contributed by atoms with Crippen molar-refractivity contribution in [3.63, 3.8) is 0 Å². The van der Waals surface area contributed by atoms with E-state index in [2.05, 4.69) is 19.7 Å². The first-order chi connectivity index (χ1) is 5.38. The quantitative estimate of drug-likeness (QED) is 0.593. The lowest BCUT2D eigenvalue weighted by atomic mass is 10.6. The van der Waals surface area contributed by atoms with Crippen LogP contribution < -0.4 is 9.47 Å². The van der Waals surface area contributed by atoms with E-state index in [1.807, 2.05) is 0 Å². The highest BCUT2D eigenvalue weighted by atomic mass is 16.6. The summed E-state index contributed by atoms with van der Waals surface area (Å²) in [5.74, 6) is 0.0826. The van der Waals surface area contributed by atoms with Crippen LogP contribution in [0.1, 0.15) is 0 Å². The lowest BCUT2D eigenvalue weighted by Crippen LogP contribution is -1.93. The highest BCUT2D eigenvalue weighted by molar-refractivity contribution is 5.51. The first kappa shape index (κ1) is 7.26. The van der Waals surface area contributed by atoms with Crippen LogP contribution in [0.15, 0.2) is 6.20 Å². The second kappa shape index (κ2) is 3.35. The molecular weight excluding hydrogens is 152 g/mol. The molecule has 1 heterocycles. The molecule has 0 saturated heterocycles. The van der Waals surface area contributed by atoms with E-state index in [1.54, 1.807) is 0 Å². The molecule has 0 aliphatic carbocycles. The number of nitrogens with one attached hydrogen (secondary N) is 1. The minimum atomic E-state index is 0.00657. The second-order valence-electron chi connectivity index (χ2n) is 1.49. The third kappa shape index (κ3) is 1.54. The van der Waals surface area contributed by atoms with E-state index < -0.39 is 0 Å². The predicted molar refractivity (Wildman–Crippen MR) is 32.0 cm³/mol. The molecule has 0 saturated carbocycles. The number of hydrogen-bond acceptors (Lipinski definition) is 5. The number of carbonyl (C=O) groups is 2. The van der Waals surface area contributed by atoms with Gasteiger partial charge in [-0.2, -0.15) is 5.10 Å². The fraction of sp³-hybridized carbons (Fsp3) is 0. The molecule has 0 bridgehead atoms. The topological polar surface area (TPSA) is 81.3 Å². The van der Waals surface area contributed by atoms with Crippen LogP contribution >= 0.6 is 0 Å². The van der Waals surface area contributed by atoms with E-state index >= 15 is 0 Å². The van der Waals surface area contributed by atoms with Crippen molar-refractivity contribution in [3.8, 4) is 11.6 Å². The van der Waals surface area contributed by atoms with E-state index in [9.17, 15) is 9.59 Å². The number of rotatable bonds is 4. The molecule has 1 rings (SSSR count). The maximum Gasteiger partial charge on any atom is 0.299 e. The largest absolute Gasteiger partial charge is 0.421 e. The molecule has 0 aliphatic rings. The van der Waals surface area contributed by atoms with Gasteiger partial charge in [0.15, 0.2) is 0 Å². The van der Waals surface area contributed by atoms with Gasteiger partial charge in [0, 0.05) is 0 Å². The number of ether oxygens (including phenoxy) is 2. The summed E-state index contributed by atoms with van der Waals surface area (Å²) in [6.07, 6.45) is 1.22. The molecule has 0 unspecified atom stereocenters. The third-order valence-electron chi connectivity index (χ3n) is 0.913. The Morgan fingerprint density at radius 1 is 1.36 bits per heavy atom. The van der Waals surface area contributed by atoms with Gasteiger partial charge >= 0.3 is 0 Å². The molecule has 0 aliphatic heterocycles. The summed E-state index contributed by atoms with van der Waals surface area (Å²) in [6, 6.07) is 0. The maximum absolute atomic E-state index is 9.82. The van der Waals surface area contributed by atoms with E-state index in [4.69, 9.17) is 0 Å². The van der Waals surface area contributed by atoms with Crippen molar-refractivity contribution < 1.29 is 19.1 Å². The summed E-state index contributed by atoms with van der Waals surface area (Å²) in [7, 11) is 0. The van der Waals surface area contributed by atoms with Crippen molar-refractivity contribution in [2.45, 2.75) is 0 Å². The molecule has 1 aromatic heterocycles. The van der Waals surface area contributed by atoms with Crippen molar-refractivity contribution in [2.75, 3.05) is 0 Å². The Balaban J connectivity index is 2.76. The number of H-pyrrole nitrogens is 1. The van der Waals surface area contributed by atoms with Crippen molar-refractivity contribution in [1.29, 1.82) is 0 Å². The molecule has 6 nitrogen and oxygen atoms in total. The average molecular weight is 156 g/mol. The van der Waals surface area contributed by atoms with Gasteiger partial charge < -0.3 is 9.47 Å². The SMILES string of the molecule is O=COc1cn[nH]c1OC=O. The van der Waals surface area contributed by atoms with Crippen molar-refractivity contribution in [3.05, 3.63) is 6.20 Å². The standard InChI is InChI=1S/C5H4N2O4/c8-2-10-4-1-6-7-5(4)11-3-9/h1-3H,(H,6,7). The van der Waals surface area contributed by atoms with Gasteiger partial charge in [0.25, 0.3) is 18.8 Å². The monoisotopic (exact) mass is 156 g/mol. The van der Waals surface area contributed by atoms with Crippen LogP contribution in [0.2, 0.25) is 0 Å². The summed E-state index contributed by atoms with van der Waals surface area (Å²) in [5, 5.41) is 5.77. The molecule has 0 fully saturated rings. The predicted octanol–water partition coefficient (Wildman–Crippen LogP) is -0.520. The summed E-state index contributed by atoms with van der Waals surface area (Å²) in [6.45, 7) is 0.410. The molecule has 1 N–H and O–H groups in total. The molecule has 0 atom stereocenters. The molecule has 0 spiro atoms. The molecule has 0 amide bonds. The number of aromatic nitrogens is 2. The van der Waals surface area contributed by atoms with Gasteiger partial charge in [-0.25, -0.2) is 5.10 Å². The van der Waals surface area contributed by atoms with Crippen LogP contribution in [0, 0.1) is 0 Å². The average Bonchev–Trinajstić information content (AvgIpc) is 2.39. The highest BCUT2D eigenvalue weighted by Crippen LogP contribution is 2.21. The van der Waals surface area contributed by atoms with Gasteiger partial charge in [0.1, 0.15) is 0 Å².